The van der Waals surface area contributed by atoms with Crippen LogP contribution in [0.1, 0.15) is 5.89 Å². The predicted octanol–water partition coefficient (Wildman–Crippen LogP) is 4.33. The second-order valence-corrected chi connectivity index (χ2v) is 5.98. The first kappa shape index (κ1) is 18.0. The lowest BCUT2D eigenvalue weighted by atomic mass is 10.3. The monoisotopic (exact) mass is 390 g/mol. The van der Waals surface area contributed by atoms with Crippen LogP contribution in [0.3, 0.4) is 0 Å². The maximum absolute atomic E-state index is 11.8. The van der Waals surface area contributed by atoms with Crippen molar-refractivity contribution in [3.8, 4) is 0 Å². The van der Waals surface area contributed by atoms with Gasteiger partial charge < -0.3 is 14.5 Å². The molecule has 1 amide bonds. The van der Waals surface area contributed by atoms with Crippen molar-refractivity contribution < 1.29 is 18.7 Å². The van der Waals surface area contributed by atoms with Gasteiger partial charge in [-0.05, 0) is 30.3 Å². The fourth-order valence-corrected chi connectivity index (χ4v) is 2.52. The molecule has 0 radical (unpaired) electrons. The lowest BCUT2D eigenvalue weighted by Crippen LogP contribution is -2.20. The summed E-state index contributed by atoms with van der Waals surface area (Å²) in [5.74, 6) is -0.969. The zero-order valence-electron chi connectivity index (χ0n) is 13.2. The van der Waals surface area contributed by atoms with Gasteiger partial charge >= 0.3 is 5.97 Å². The van der Waals surface area contributed by atoms with Gasteiger partial charge in [-0.15, -0.1) is 0 Å². The van der Waals surface area contributed by atoms with E-state index >= 15 is 0 Å². The maximum Gasteiger partial charge on any atom is 0.331 e. The van der Waals surface area contributed by atoms with Crippen LogP contribution in [0, 0.1) is 0 Å². The number of aromatic nitrogens is 1. The molecule has 0 fully saturated rings. The van der Waals surface area contributed by atoms with Gasteiger partial charge in [0.05, 0.1) is 10.7 Å². The number of nitrogens with zero attached hydrogens (tertiary/aromatic N) is 1. The number of halogens is 2. The second-order valence-electron chi connectivity index (χ2n) is 5.13. The number of hydrogen-bond acceptors (Lipinski definition) is 5. The number of fused-ring (bicyclic) bond motifs is 1. The number of esters is 1. The number of nitrogens with one attached hydrogen (secondary N) is 1. The standard InChI is InChI=1S/C18H12Cl2N2O4/c19-11-5-6-13(12(20)9-11)21-16(23)10-25-18(24)8-7-17-22-14-3-1-2-4-15(14)26-17/h1-9H,10H2,(H,21,23)/b8-7+. The number of ether oxygens (including phenoxy) is 1. The summed E-state index contributed by atoms with van der Waals surface area (Å²) in [7, 11) is 0. The smallest absolute Gasteiger partial charge is 0.331 e. The fourth-order valence-electron chi connectivity index (χ4n) is 2.06. The summed E-state index contributed by atoms with van der Waals surface area (Å²) in [5.41, 5.74) is 1.67. The average Bonchev–Trinajstić information content (AvgIpc) is 3.03. The lowest BCUT2D eigenvalue weighted by Gasteiger charge is -2.07. The third kappa shape index (κ3) is 4.62. The minimum Gasteiger partial charge on any atom is -0.452 e. The number of carbonyl (C=O) groups is 2. The third-order valence-corrected chi connectivity index (χ3v) is 3.77. The van der Waals surface area contributed by atoms with Gasteiger partial charge in [-0.1, -0.05) is 35.3 Å². The van der Waals surface area contributed by atoms with E-state index in [-0.39, 0.29) is 10.9 Å². The minimum atomic E-state index is -0.704. The van der Waals surface area contributed by atoms with Crippen molar-refractivity contribution in [1.82, 2.24) is 4.98 Å². The highest BCUT2D eigenvalue weighted by Crippen LogP contribution is 2.25. The quantitative estimate of drug-likeness (QED) is 0.517. The molecule has 0 saturated heterocycles. The summed E-state index contributed by atoms with van der Waals surface area (Å²) in [6.07, 6.45) is 2.50. The fraction of sp³-hybridized carbons (Fsp3) is 0.0556. The van der Waals surface area contributed by atoms with E-state index in [1.54, 1.807) is 24.3 Å². The highest BCUT2D eigenvalue weighted by molar-refractivity contribution is 6.36. The molecule has 2 aromatic carbocycles. The normalized spacial score (nSPS) is 11.0. The molecule has 0 aliphatic rings. The van der Waals surface area contributed by atoms with E-state index in [2.05, 4.69) is 10.3 Å². The topological polar surface area (TPSA) is 81.4 Å². The molecule has 3 aromatic rings. The Morgan fingerprint density at radius 1 is 1.19 bits per heavy atom. The molecule has 6 nitrogen and oxygen atoms in total. The van der Waals surface area contributed by atoms with Crippen molar-refractivity contribution >= 4 is 57.9 Å². The van der Waals surface area contributed by atoms with E-state index in [4.69, 9.17) is 32.4 Å². The minimum absolute atomic E-state index is 0.264. The summed E-state index contributed by atoms with van der Waals surface area (Å²) >= 11 is 11.7. The van der Waals surface area contributed by atoms with Crippen LogP contribution in [0.4, 0.5) is 5.69 Å². The van der Waals surface area contributed by atoms with Gasteiger partial charge in [0.15, 0.2) is 12.2 Å². The summed E-state index contributed by atoms with van der Waals surface area (Å²) in [6, 6.07) is 11.8. The van der Waals surface area contributed by atoms with Crippen LogP contribution in [-0.2, 0) is 14.3 Å². The molecule has 3 rings (SSSR count). The molecule has 1 N–H and O–H groups in total. The number of para-hydroxylation sites is 2. The molecule has 0 bridgehead atoms. The summed E-state index contributed by atoms with van der Waals surface area (Å²) in [4.78, 5) is 27.7. The first-order valence-electron chi connectivity index (χ1n) is 7.46. The number of oxazole rings is 1. The first-order chi connectivity index (χ1) is 12.5. The van der Waals surface area contributed by atoms with Crippen molar-refractivity contribution in [1.29, 1.82) is 0 Å². The van der Waals surface area contributed by atoms with Gasteiger partial charge in [0.1, 0.15) is 5.52 Å². The van der Waals surface area contributed by atoms with Crippen LogP contribution in [-0.4, -0.2) is 23.5 Å². The zero-order chi connectivity index (χ0) is 18.5. The van der Waals surface area contributed by atoms with Gasteiger partial charge in [-0.2, -0.15) is 0 Å². The van der Waals surface area contributed by atoms with E-state index < -0.39 is 18.5 Å². The van der Waals surface area contributed by atoms with Gasteiger partial charge in [-0.25, -0.2) is 9.78 Å². The van der Waals surface area contributed by atoms with Crippen LogP contribution < -0.4 is 5.32 Å². The van der Waals surface area contributed by atoms with E-state index in [1.807, 2.05) is 12.1 Å². The molecule has 0 atom stereocenters. The van der Waals surface area contributed by atoms with E-state index in [0.717, 1.165) is 6.08 Å². The van der Waals surface area contributed by atoms with Gasteiger partial charge in [0.25, 0.3) is 5.91 Å². The zero-order valence-corrected chi connectivity index (χ0v) is 14.8. The molecule has 0 aliphatic carbocycles. The molecule has 1 aromatic heterocycles. The van der Waals surface area contributed by atoms with Gasteiger partial charge in [0, 0.05) is 17.2 Å². The molecule has 8 heteroatoms. The lowest BCUT2D eigenvalue weighted by molar-refractivity contribution is -0.142. The van der Waals surface area contributed by atoms with Crippen LogP contribution in [0.15, 0.2) is 53.0 Å². The average molecular weight is 391 g/mol. The van der Waals surface area contributed by atoms with Crippen molar-refractivity contribution in [3.05, 3.63) is 64.5 Å². The maximum atomic E-state index is 11.8. The summed E-state index contributed by atoms with van der Waals surface area (Å²) in [5, 5.41) is 3.26. The Morgan fingerprint density at radius 3 is 2.77 bits per heavy atom. The molecule has 1 heterocycles. The number of carbonyl (C=O) groups excluding carboxylic acids is 2. The molecular weight excluding hydrogens is 379 g/mol. The van der Waals surface area contributed by atoms with Crippen molar-refractivity contribution in [2.75, 3.05) is 11.9 Å². The molecule has 0 aliphatic heterocycles. The Morgan fingerprint density at radius 2 is 2.00 bits per heavy atom. The van der Waals surface area contributed by atoms with Crippen molar-refractivity contribution in [2.45, 2.75) is 0 Å². The molecule has 0 spiro atoms. The van der Waals surface area contributed by atoms with Crippen molar-refractivity contribution in [3.63, 3.8) is 0 Å². The first-order valence-corrected chi connectivity index (χ1v) is 8.22. The summed E-state index contributed by atoms with van der Waals surface area (Å²) in [6.45, 7) is -0.463. The van der Waals surface area contributed by atoms with Crippen LogP contribution in [0.2, 0.25) is 10.0 Å². The predicted molar refractivity (Wildman–Crippen MR) is 99.1 cm³/mol. The van der Waals surface area contributed by atoms with E-state index in [1.165, 1.54) is 12.1 Å². The van der Waals surface area contributed by atoms with Crippen LogP contribution in [0.5, 0.6) is 0 Å². The summed E-state index contributed by atoms with van der Waals surface area (Å²) < 4.78 is 10.3. The van der Waals surface area contributed by atoms with Crippen LogP contribution >= 0.6 is 23.2 Å². The highest BCUT2D eigenvalue weighted by Gasteiger charge is 2.09. The Kier molecular flexibility index (Phi) is 5.55. The number of hydrogen-bond donors (Lipinski definition) is 1. The highest BCUT2D eigenvalue weighted by atomic mass is 35.5. The molecule has 132 valence electrons. The largest absolute Gasteiger partial charge is 0.452 e. The molecule has 0 unspecified atom stereocenters. The van der Waals surface area contributed by atoms with E-state index in [0.29, 0.717) is 21.8 Å². The SMILES string of the molecule is O=C(COC(=O)/C=C/c1nc2ccccc2o1)Nc1ccc(Cl)cc1Cl. The number of rotatable bonds is 5. The van der Waals surface area contributed by atoms with Gasteiger partial charge in [0.2, 0.25) is 5.89 Å². The number of amides is 1. The Labute approximate surface area is 158 Å². The number of anilines is 1. The van der Waals surface area contributed by atoms with Gasteiger partial charge in [-0.3, -0.25) is 4.79 Å². The number of benzene rings is 2. The van der Waals surface area contributed by atoms with E-state index in [9.17, 15) is 9.59 Å². The Hall–Kier alpha value is -2.83. The Balaban J connectivity index is 1.52. The molecule has 0 saturated carbocycles. The molecular formula is C18H12Cl2N2O4. The molecule has 26 heavy (non-hydrogen) atoms. The third-order valence-electron chi connectivity index (χ3n) is 3.22. The van der Waals surface area contributed by atoms with Crippen molar-refractivity contribution in [2.24, 2.45) is 0 Å². The second kappa shape index (κ2) is 8.03. The Bertz CT molecular complexity index is 965. The van der Waals surface area contributed by atoms with Crippen LogP contribution in [0.25, 0.3) is 17.2 Å².